The molecular formula is C22H24N2O4S. The molecule has 7 heteroatoms. The molecule has 0 spiro atoms. The molecule has 152 valence electrons. The summed E-state index contributed by atoms with van der Waals surface area (Å²) < 4.78 is 10.5. The summed E-state index contributed by atoms with van der Waals surface area (Å²) in [5, 5.41) is 4.42. The molecule has 1 atom stereocenters. The number of hydrogen-bond acceptors (Lipinski definition) is 6. The minimum atomic E-state index is -0.896. The van der Waals surface area contributed by atoms with E-state index in [0.29, 0.717) is 5.69 Å². The molecule has 1 amide bonds. The number of esters is 1. The van der Waals surface area contributed by atoms with Crippen LogP contribution in [0.2, 0.25) is 0 Å². The van der Waals surface area contributed by atoms with Gasteiger partial charge >= 0.3 is 5.97 Å². The maximum atomic E-state index is 12.3. The van der Waals surface area contributed by atoms with Crippen molar-refractivity contribution in [1.82, 2.24) is 0 Å². The van der Waals surface area contributed by atoms with Crippen LogP contribution in [0.25, 0.3) is 0 Å². The third-order valence-electron chi connectivity index (χ3n) is 4.32. The predicted octanol–water partition coefficient (Wildman–Crippen LogP) is 3.70. The van der Waals surface area contributed by atoms with E-state index < -0.39 is 12.1 Å². The fourth-order valence-corrected chi connectivity index (χ4v) is 3.41. The number of nitrogens with zero attached hydrogens (tertiary/aromatic N) is 1. The molecule has 1 aliphatic rings. The Balaban J connectivity index is 1.45. The van der Waals surface area contributed by atoms with E-state index in [9.17, 15) is 9.59 Å². The minimum Gasteiger partial charge on any atom is -0.449 e. The Labute approximate surface area is 174 Å². The highest BCUT2D eigenvalue weighted by Crippen LogP contribution is 2.20. The van der Waals surface area contributed by atoms with E-state index in [-0.39, 0.29) is 5.91 Å². The molecule has 0 bridgehead atoms. The molecule has 0 aromatic heterocycles. The van der Waals surface area contributed by atoms with Gasteiger partial charge in [0.25, 0.3) is 5.91 Å². The van der Waals surface area contributed by atoms with Crippen LogP contribution in [0.3, 0.4) is 0 Å². The normalized spacial score (nSPS) is 15.1. The molecule has 0 aliphatic carbocycles. The van der Waals surface area contributed by atoms with E-state index in [1.807, 2.05) is 54.6 Å². The maximum absolute atomic E-state index is 12.3. The van der Waals surface area contributed by atoms with Crippen LogP contribution in [0.4, 0.5) is 11.4 Å². The number of amides is 1. The lowest BCUT2D eigenvalue weighted by atomic mass is 10.2. The first kappa shape index (κ1) is 21.0. The number of thioether (sulfide) groups is 1. The molecule has 2 aromatic rings. The number of nitrogens with one attached hydrogen (secondary N) is 1. The van der Waals surface area contributed by atoms with E-state index in [1.165, 1.54) is 17.8 Å². The number of hydrogen-bond donors (Lipinski definition) is 1. The van der Waals surface area contributed by atoms with Crippen molar-refractivity contribution in [3.05, 3.63) is 66.1 Å². The lowest BCUT2D eigenvalue weighted by molar-refractivity contribution is -0.148. The second-order valence-electron chi connectivity index (χ2n) is 6.45. The van der Waals surface area contributed by atoms with Gasteiger partial charge in [0.15, 0.2) is 6.10 Å². The Kier molecular flexibility index (Phi) is 7.72. The fraction of sp³-hybridized carbons (Fsp3) is 0.273. The zero-order valence-corrected chi connectivity index (χ0v) is 17.1. The molecule has 0 unspecified atom stereocenters. The van der Waals surface area contributed by atoms with E-state index in [2.05, 4.69) is 10.2 Å². The van der Waals surface area contributed by atoms with Gasteiger partial charge in [-0.15, -0.1) is 0 Å². The van der Waals surface area contributed by atoms with Crippen molar-refractivity contribution in [2.75, 3.05) is 36.5 Å². The van der Waals surface area contributed by atoms with Crippen molar-refractivity contribution in [1.29, 1.82) is 0 Å². The molecule has 6 nitrogen and oxygen atoms in total. The van der Waals surface area contributed by atoms with Crippen LogP contribution in [0, 0.1) is 0 Å². The first-order valence-corrected chi connectivity index (χ1v) is 10.3. The van der Waals surface area contributed by atoms with Gasteiger partial charge in [-0.05, 0) is 48.7 Å². The van der Waals surface area contributed by atoms with Crippen LogP contribution in [0.1, 0.15) is 6.92 Å². The highest BCUT2D eigenvalue weighted by molar-refractivity contribution is 8.02. The summed E-state index contributed by atoms with van der Waals surface area (Å²) in [6.07, 6.45) is 0.422. The quantitative estimate of drug-likeness (QED) is 0.425. The molecular weight excluding hydrogens is 388 g/mol. The van der Waals surface area contributed by atoms with Crippen molar-refractivity contribution in [3.8, 4) is 0 Å². The number of anilines is 2. The fourth-order valence-electron chi connectivity index (χ4n) is 2.76. The highest BCUT2D eigenvalue weighted by atomic mass is 32.2. The lowest BCUT2D eigenvalue weighted by Crippen LogP contribution is -2.36. The van der Waals surface area contributed by atoms with Crippen LogP contribution in [0.5, 0.6) is 0 Å². The highest BCUT2D eigenvalue weighted by Gasteiger charge is 2.17. The second kappa shape index (κ2) is 10.7. The summed E-state index contributed by atoms with van der Waals surface area (Å²) in [7, 11) is 0. The molecule has 1 N–H and O–H groups in total. The Bertz CT molecular complexity index is 834. The van der Waals surface area contributed by atoms with Gasteiger partial charge in [0.05, 0.1) is 13.2 Å². The molecule has 3 rings (SSSR count). The van der Waals surface area contributed by atoms with Gasteiger partial charge in [0, 0.05) is 35.4 Å². The summed E-state index contributed by atoms with van der Waals surface area (Å²) in [4.78, 5) is 27.4. The molecule has 1 fully saturated rings. The third kappa shape index (κ3) is 6.66. The average Bonchev–Trinajstić information content (AvgIpc) is 2.75. The zero-order valence-electron chi connectivity index (χ0n) is 16.2. The van der Waals surface area contributed by atoms with E-state index in [1.54, 1.807) is 12.3 Å². The van der Waals surface area contributed by atoms with Crippen molar-refractivity contribution >= 4 is 35.0 Å². The van der Waals surface area contributed by atoms with Crippen LogP contribution in [0.15, 0.2) is 71.0 Å². The molecule has 0 radical (unpaired) electrons. The molecule has 0 saturated carbocycles. The van der Waals surface area contributed by atoms with Crippen LogP contribution >= 0.6 is 11.8 Å². The van der Waals surface area contributed by atoms with Gasteiger partial charge < -0.3 is 19.7 Å². The Morgan fingerprint density at radius 2 is 1.79 bits per heavy atom. The summed E-state index contributed by atoms with van der Waals surface area (Å²) in [5.41, 5.74) is 1.75. The standard InChI is InChI=1S/C22H24N2O4S/c1-17(28-21(25)11-16-29-20-5-3-2-4-6-20)22(26)23-18-7-9-19(10-8-18)24-12-14-27-15-13-24/h2-11,16-17H,12-15H2,1H3,(H,23,26)/b16-11+/t17-/m0/s1. The van der Waals surface area contributed by atoms with Gasteiger partial charge in [-0.3, -0.25) is 4.79 Å². The summed E-state index contributed by atoms with van der Waals surface area (Å²) in [6, 6.07) is 17.3. The van der Waals surface area contributed by atoms with E-state index in [4.69, 9.17) is 9.47 Å². The summed E-state index contributed by atoms with van der Waals surface area (Å²) in [5.74, 6) is -0.930. The molecule has 2 aromatic carbocycles. The summed E-state index contributed by atoms with van der Waals surface area (Å²) in [6.45, 7) is 4.70. The van der Waals surface area contributed by atoms with Gasteiger partial charge in [-0.25, -0.2) is 4.79 Å². The number of rotatable bonds is 7. The van der Waals surface area contributed by atoms with Crippen molar-refractivity contribution < 1.29 is 19.1 Å². The Morgan fingerprint density at radius 1 is 1.10 bits per heavy atom. The number of morpholine rings is 1. The largest absolute Gasteiger partial charge is 0.449 e. The second-order valence-corrected chi connectivity index (χ2v) is 7.43. The third-order valence-corrected chi connectivity index (χ3v) is 5.14. The molecule has 1 aliphatic heterocycles. The monoisotopic (exact) mass is 412 g/mol. The average molecular weight is 413 g/mol. The van der Waals surface area contributed by atoms with Crippen molar-refractivity contribution in [2.45, 2.75) is 17.9 Å². The molecule has 1 heterocycles. The maximum Gasteiger partial charge on any atom is 0.332 e. The minimum absolute atomic E-state index is 0.374. The first-order chi connectivity index (χ1) is 14.1. The number of carbonyl (C=O) groups excluding carboxylic acids is 2. The molecule has 1 saturated heterocycles. The van der Waals surface area contributed by atoms with Gasteiger partial charge in [-0.1, -0.05) is 30.0 Å². The number of carbonyl (C=O) groups is 2. The Morgan fingerprint density at radius 3 is 2.48 bits per heavy atom. The Hall–Kier alpha value is -2.77. The van der Waals surface area contributed by atoms with Crippen molar-refractivity contribution in [2.24, 2.45) is 0 Å². The van der Waals surface area contributed by atoms with Crippen molar-refractivity contribution in [3.63, 3.8) is 0 Å². The SMILES string of the molecule is C[C@H](OC(=O)/C=C/Sc1ccccc1)C(=O)Nc1ccc(N2CCOCC2)cc1. The topological polar surface area (TPSA) is 67.9 Å². The van der Waals surface area contributed by atoms with Crippen LogP contribution in [-0.2, 0) is 19.1 Å². The van der Waals surface area contributed by atoms with Crippen LogP contribution in [-0.4, -0.2) is 44.3 Å². The number of benzene rings is 2. The van der Waals surface area contributed by atoms with Gasteiger partial charge in [-0.2, -0.15) is 0 Å². The predicted molar refractivity (Wildman–Crippen MR) is 115 cm³/mol. The van der Waals surface area contributed by atoms with Crippen LogP contribution < -0.4 is 10.2 Å². The smallest absolute Gasteiger partial charge is 0.332 e. The van der Waals surface area contributed by atoms with Gasteiger partial charge in [0.2, 0.25) is 0 Å². The van der Waals surface area contributed by atoms with E-state index in [0.717, 1.165) is 36.9 Å². The van der Waals surface area contributed by atoms with Gasteiger partial charge in [0.1, 0.15) is 0 Å². The lowest BCUT2D eigenvalue weighted by Gasteiger charge is -2.28. The summed E-state index contributed by atoms with van der Waals surface area (Å²) >= 11 is 1.41. The van der Waals surface area contributed by atoms with E-state index >= 15 is 0 Å². The number of ether oxygens (including phenoxy) is 2. The molecule has 29 heavy (non-hydrogen) atoms. The first-order valence-electron chi connectivity index (χ1n) is 9.44. The zero-order chi connectivity index (χ0) is 20.5.